The average molecular weight is 297 g/mol. The maximum atomic E-state index is 10.8. The lowest BCUT2D eigenvalue weighted by Crippen LogP contribution is -2.35. The first-order valence-corrected chi connectivity index (χ1v) is 6.19. The van der Waals surface area contributed by atoms with Gasteiger partial charge < -0.3 is 10.8 Å². The highest BCUT2D eigenvalue weighted by atomic mass is 32.1. The minimum absolute atomic E-state index is 0.0598. The lowest BCUT2D eigenvalue weighted by atomic mass is 10.0. The molecule has 0 saturated carbocycles. The van der Waals surface area contributed by atoms with E-state index in [4.69, 9.17) is 23.1 Å². The van der Waals surface area contributed by atoms with Gasteiger partial charge in [0.2, 0.25) is 0 Å². The summed E-state index contributed by atoms with van der Waals surface area (Å²) < 4.78 is 0. The van der Waals surface area contributed by atoms with E-state index in [-0.39, 0.29) is 23.6 Å². The molecule has 7 nitrogen and oxygen atoms in total. The number of carboxylic acid groups (broad SMARTS) is 1. The molecule has 1 unspecified atom stereocenters. The van der Waals surface area contributed by atoms with Crippen molar-refractivity contribution >= 4 is 28.9 Å². The van der Waals surface area contributed by atoms with Gasteiger partial charge in [0.25, 0.3) is 5.69 Å². The Morgan fingerprint density at radius 2 is 2.25 bits per heavy atom. The maximum Gasteiger partial charge on any atom is 0.304 e. The van der Waals surface area contributed by atoms with Crippen molar-refractivity contribution in [2.24, 2.45) is 5.73 Å². The number of likely N-dealkylation sites (N-methyl/N-ethyl adjacent to an activating group) is 1. The molecule has 0 aliphatic rings. The number of thiocarbonyl (C=S) groups is 1. The van der Waals surface area contributed by atoms with Gasteiger partial charge in [0.1, 0.15) is 0 Å². The van der Waals surface area contributed by atoms with E-state index in [2.05, 4.69) is 0 Å². The van der Waals surface area contributed by atoms with Gasteiger partial charge in [0.05, 0.1) is 22.4 Å². The third-order valence-corrected chi connectivity index (χ3v) is 3.01. The lowest BCUT2D eigenvalue weighted by molar-refractivity contribution is -0.384. The number of carbonyl (C=O) groups is 1. The zero-order valence-electron chi connectivity index (χ0n) is 10.9. The van der Waals surface area contributed by atoms with Crippen LogP contribution in [-0.4, -0.2) is 39.5 Å². The van der Waals surface area contributed by atoms with E-state index in [1.165, 1.54) is 12.1 Å². The summed E-state index contributed by atoms with van der Waals surface area (Å²) in [5.74, 6) is -0.933. The molecule has 0 amide bonds. The highest BCUT2D eigenvalue weighted by molar-refractivity contribution is 7.80. The van der Waals surface area contributed by atoms with E-state index in [1.54, 1.807) is 24.1 Å². The van der Waals surface area contributed by atoms with Crippen LogP contribution in [0.3, 0.4) is 0 Å². The molecule has 1 atom stereocenters. The van der Waals surface area contributed by atoms with Crippen LogP contribution >= 0.6 is 12.2 Å². The van der Waals surface area contributed by atoms with Crippen molar-refractivity contribution in [1.82, 2.24) is 4.90 Å². The van der Waals surface area contributed by atoms with Gasteiger partial charge in [-0.25, -0.2) is 0 Å². The van der Waals surface area contributed by atoms with Crippen LogP contribution in [0.1, 0.15) is 18.0 Å². The zero-order valence-corrected chi connectivity index (χ0v) is 11.7. The van der Waals surface area contributed by atoms with Crippen molar-refractivity contribution in [1.29, 1.82) is 0 Å². The molecule has 0 aliphatic heterocycles. The molecule has 0 aliphatic carbocycles. The van der Waals surface area contributed by atoms with E-state index in [1.807, 2.05) is 0 Å². The van der Waals surface area contributed by atoms with Crippen LogP contribution in [0, 0.1) is 10.1 Å². The third-order valence-electron chi connectivity index (χ3n) is 2.79. The minimum atomic E-state index is -0.933. The molecule has 0 heterocycles. The van der Waals surface area contributed by atoms with Crippen molar-refractivity contribution < 1.29 is 14.8 Å². The number of nitro benzene ring substituents is 1. The Morgan fingerprint density at radius 1 is 1.60 bits per heavy atom. The number of hydrogen-bond acceptors (Lipinski definition) is 5. The van der Waals surface area contributed by atoms with E-state index >= 15 is 0 Å². The fraction of sp³-hybridized carbons (Fsp3) is 0.333. The van der Waals surface area contributed by atoms with Gasteiger partial charge >= 0.3 is 5.97 Å². The molecular formula is C12H15N3O4S. The van der Waals surface area contributed by atoms with Gasteiger partial charge in [-0.05, 0) is 12.6 Å². The fourth-order valence-electron chi connectivity index (χ4n) is 1.85. The summed E-state index contributed by atoms with van der Waals surface area (Å²) in [6.07, 6.45) is -0.0649. The Morgan fingerprint density at radius 3 is 2.75 bits per heavy atom. The molecule has 1 aromatic carbocycles. The van der Waals surface area contributed by atoms with Crippen LogP contribution in [0.25, 0.3) is 0 Å². The second kappa shape index (κ2) is 6.92. The number of rotatable bonds is 7. The Bertz CT molecular complexity index is 535. The van der Waals surface area contributed by atoms with Crippen molar-refractivity contribution in [3.8, 4) is 0 Å². The van der Waals surface area contributed by atoms with Gasteiger partial charge in [0, 0.05) is 18.7 Å². The minimum Gasteiger partial charge on any atom is -0.481 e. The number of nitrogens with two attached hydrogens (primary N) is 1. The van der Waals surface area contributed by atoms with Crippen molar-refractivity contribution in [3.05, 3.63) is 39.9 Å². The number of aliphatic carboxylic acids is 1. The van der Waals surface area contributed by atoms with Gasteiger partial charge in [-0.1, -0.05) is 24.4 Å². The summed E-state index contributed by atoms with van der Waals surface area (Å²) >= 11 is 4.98. The van der Waals surface area contributed by atoms with Gasteiger partial charge in [-0.15, -0.1) is 0 Å². The summed E-state index contributed by atoms with van der Waals surface area (Å²) in [7, 11) is 1.67. The predicted molar refractivity (Wildman–Crippen MR) is 77.5 cm³/mol. The third kappa shape index (κ3) is 4.25. The fourth-order valence-corrected chi connectivity index (χ4v) is 2.16. The molecule has 0 spiro atoms. The molecule has 0 bridgehead atoms. The SMILES string of the molecule is CN(CCC(=O)O)C(C(N)=S)c1cccc([N+](=O)[O-])c1. The highest BCUT2D eigenvalue weighted by Crippen LogP contribution is 2.24. The van der Waals surface area contributed by atoms with Crippen molar-refractivity contribution in [2.75, 3.05) is 13.6 Å². The molecule has 108 valence electrons. The summed E-state index contributed by atoms with van der Waals surface area (Å²) in [4.78, 5) is 22.7. The van der Waals surface area contributed by atoms with Gasteiger partial charge in [-0.2, -0.15) is 0 Å². The number of carboxylic acids is 1. The van der Waals surface area contributed by atoms with E-state index in [0.29, 0.717) is 5.56 Å². The molecular weight excluding hydrogens is 282 g/mol. The second-order valence-electron chi connectivity index (χ2n) is 4.28. The Balaban J connectivity index is 3.01. The van der Waals surface area contributed by atoms with E-state index in [9.17, 15) is 14.9 Å². The number of nitro groups is 1. The number of non-ortho nitro benzene ring substituents is 1. The highest BCUT2D eigenvalue weighted by Gasteiger charge is 2.22. The van der Waals surface area contributed by atoms with Crippen molar-refractivity contribution in [2.45, 2.75) is 12.5 Å². The van der Waals surface area contributed by atoms with E-state index in [0.717, 1.165) is 0 Å². The topological polar surface area (TPSA) is 110 Å². The molecule has 1 rings (SSSR count). The second-order valence-corrected chi connectivity index (χ2v) is 4.75. The molecule has 0 aromatic heterocycles. The van der Waals surface area contributed by atoms with Gasteiger partial charge in [0.15, 0.2) is 0 Å². The number of benzene rings is 1. The monoisotopic (exact) mass is 297 g/mol. The zero-order chi connectivity index (χ0) is 15.3. The standard InChI is InChI=1S/C12H15N3O4S/c1-14(6-5-10(16)17)11(12(13)20)8-3-2-4-9(7-8)15(18)19/h2-4,7,11H,5-6H2,1H3,(H2,13,20)(H,16,17). The van der Waals surface area contributed by atoms with Crippen LogP contribution < -0.4 is 5.73 Å². The summed E-state index contributed by atoms with van der Waals surface area (Å²) in [5.41, 5.74) is 6.18. The van der Waals surface area contributed by atoms with Crippen LogP contribution in [0.5, 0.6) is 0 Å². The maximum absolute atomic E-state index is 10.8. The molecule has 0 fully saturated rings. The van der Waals surface area contributed by atoms with Crippen molar-refractivity contribution in [3.63, 3.8) is 0 Å². The molecule has 8 heteroatoms. The van der Waals surface area contributed by atoms with Crippen LogP contribution in [0.4, 0.5) is 5.69 Å². The first kappa shape index (κ1) is 16.0. The molecule has 3 N–H and O–H groups in total. The largest absolute Gasteiger partial charge is 0.481 e. The molecule has 20 heavy (non-hydrogen) atoms. The Hall–Kier alpha value is -2.06. The lowest BCUT2D eigenvalue weighted by Gasteiger charge is -2.26. The molecule has 1 aromatic rings. The van der Waals surface area contributed by atoms with Gasteiger partial charge in [-0.3, -0.25) is 19.8 Å². The van der Waals surface area contributed by atoms with Crippen LogP contribution in [0.15, 0.2) is 24.3 Å². The summed E-state index contributed by atoms with van der Waals surface area (Å²) in [6, 6.07) is 5.44. The number of hydrogen-bond donors (Lipinski definition) is 2. The Labute approximate surface area is 121 Å². The predicted octanol–water partition coefficient (Wildman–Crippen LogP) is 1.33. The van der Waals surface area contributed by atoms with Crippen LogP contribution in [-0.2, 0) is 4.79 Å². The first-order chi connectivity index (χ1) is 9.32. The van der Waals surface area contributed by atoms with E-state index < -0.39 is 16.9 Å². The molecule has 0 saturated heterocycles. The normalized spacial score (nSPS) is 12.1. The summed E-state index contributed by atoms with van der Waals surface area (Å²) in [6.45, 7) is 0.236. The smallest absolute Gasteiger partial charge is 0.304 e. The first-order valence-electron chi connectivity index (χ1n) is 5.78. The summed E-state index contributed by atoms with van der Waals surface area (Å²) in [5, 5.41) is 19.5. The number of nitrogens with zero attached hydrogens (tertiary/aromatic N) is 2. The quantitative estimate of drug-likeness (QED) is 0.444. The average Bonchev–Trinajstić information content (AvgIpc) is 2.36. The van der Waals surface area contributed by atoms with Crippen LogP contribution in [0.2, 0.25) is 0 Å². The molecule has 0 radical (unpaired) electrons. The Kier molecular flexibility index (Phi) is 5.53.